The van der Waals surface area contributed by atoms with E-state index in [9.17, 15) is 23.1 Å². The number of alkyl halides is 2. The van der Waals surface area contributed by atoms with Gasteiger partial charge in [-0.3, -0.25) is 4.79 Å². The fraction of sp³-hybridized carbons (Fsp3) is 0.333. The van der Waals surface area contributed by atoms with E-state index in [1.54, 1.807) is 24.3 Å². The van der Waals surface area contributed by atoms with Crippen LogP contribution in [0.3, 0.4) is 0 Å². The summed E-state index contributed by atoms with van der Waals surface area (Å²) in [7, 11) is 0. The van der Waals surface area contributed by atoms with Crippen LogP contribution in [-0.2, 0) is 4.74 Å². The maximum absolute atomic E-state index is 14.7. The Kier molecular flexibility index (Phi) is 5.63. The fourth-order valence-corrected chi connectivity index (χ4v) is 3.73. The molecule has 1 aliphatic carbocycles. The molecule has 1 saturated carbocycles. The lowest BCUT2D eigenvalue weighted by Crippen LogP contribution is -2.36. The highest BCUT2D eigenvalue weighted by Gasteiger charge is 2.63. The van der Waals surface area contributed by atoms with Gasteiger partial charge in [-0.15, -0.1) is 0 Å². The normalized spacial score (nSPS) is 24.5. The second-order valence-corrected chi connectivity index (χ2v) is 8.12. The number of thiocarbonyl (C=S) groups is 1. The molecule has 2 aromatic rings. The predicted octanol–water partition coefficient (Wildman–Crippen LogP) is 3.04. The second kappa shape index (κ2) is 8.10. The third kappa shape index (κ3) is 4.36. The summed E-state index contributed by atoms with van der Waals surface area (Å²) in [5.74, 6) is -0.627. The van der Waals surface area contributed by atoms with Crippen LogP contribution in [0.25, 0.3) is 0 Å². The molecule has 1 aliphatic heterocycles. The highest BCUT2D eigenvalue weighted by molar-refractivity contribution is 7.80. The van der Waals surface area contributed by atoms with Crippen molar-refractivity contribution in [2.75, 3.05) is 16.8 Å². The minimum Gasteiger partial charge on any atom is -0.369 e. The molecule has 3 atom stereocenters. The fourth-order valence-electron chi connectivity index (χ4n) is 3.59. The van der Waals surface area contributed by atoms with Crippen molar-refractivity contribution in [1.29, 1.82) is 0 Å². The molecule has 2 aliphatic rings. The van der Waals surface area contributed by atoms with E-state index in [0.29, 0.717) is 12.1 Å². The number of hydrogen-bond donors (Lipinski definition) is 3. The van der Waals surface area contributed by atoms with E-state index >= 15 is 0 Å². The van der Waals surface area contributed by atoms with Crippen molar-refractivity contribution in [2.24, 2.45) is 0 Å². The Labute approximate surface area is 181 Å². The maximum Gasteiger partial charge on any atom is 0.288 e. The Morgan fingerprint density at radius 1 is 1.26 bits per heavy atom. The lowest BCUT2D eigenvalue weighted by Gasteiger charge is -2.21. The standard InChI is InChI=1S/C21H20F3N3O3S/c1-11-2-5-15(16(28)7-3-11)25-14-6-4-12(8-13(14)22)27-10-21(30-20(27)29)9-17(21)26-19(31)18(23)24/h2-8,17-18,20,29H,9-10H2,1H3,(H,25,28)(H,26,31)/t17?,20?,21-/m0/s1. The average Bonchev–Trinajstić information content (AvgIpc) is 3.30. The molecule has 10 heteroatoms. The van der Waals surface area contributed by atoms with E-state index < -0.39 is 35.3 Å². The summed E-state index contributed by atoms with van der Waals surface area (Å²) in [5, 5.41) is 15.6. The largest absolute Gasteiger partial charge is 0.369 e. The first-order valence-corrected chi connectivity index (χ1v) is 9.98. The van der Waals surface area contributed by atoms with E-state index in [0.717, 1.165) is 5.56 Å². The summed E-state index contributed by atoms with van der Waals surface area (Å²) < 4.78 is 45.6. The van der Waals surface area contributed by atoms with Crippen LogP contribution in [0.5, 0.6) is 0 Å². The zero-order valence-corrected chi connectivity index (χ0v) is 17.3. The van der Waals surface area contributed by atoms with Gasteiger partial charge in [-0.1, -0.05) is 29.9 Å². The van der Waals surface area contributed by atoms with Crippen molar-refractivity contribution >= 4 is 34.3 Å². The minimum absolute atomic E-state index is 0.0993. The van der Waals surface area contributed by atoms with E-state index in [1.807, 2.05) is 6.92 Å². The highest BCUT2D eigenvalue weighted by atomic mass is 32.1. The summed E-state index contributed by atoms with van der Waals surface area (Å²) in [6.45, 7) is 2.03. The minimum atomic E-state index is -2.77. The van der Waals surface area contributed by atoms with Crippen LogP contribution in [0.2, 0.25) is 0 Å². The molecule has 0 bridgehead atoms. The lowest BCUT2D eigenvalue weighted by molar-refractivity contribution is -0.1000. The summed E-state index contributed by atoms with van der Waals surface area (Å²) in [5.41, 5.74) is 0.426. The molecule has 1 heterocycles. The lowest BCUT2D eigenvalue weighted by atomic mass is 10.2. The van der Waals surface area contributed by atoms with E-state index in [4.69, 9.17) is 4.74 Å². The van der Waals surface area contributed by atoms with E-state index in [-0.39, 0.29) is 23.3 Å². The number of hydrogen-bond acceptors (Lipinski definition) is 6. The van der Waals surface area contributed by atoms with Crippen LogP contribution in [0.4, 0.5) is 30.2 Å². The number of benzene rings is 1. The topological polar surface area (TPSA) is 73.8 Å². The summed E-state index contributed by atoms with van der Waals surface area (Å²) in [4.78, 5) is 13.0. The number of nitrogens with one attached hydrogen (secondary N) is 2. The molecular formula is C21H20F3N3O3S. The Morgan fingerprint density at radius 2 is 1.97 bits per heavy atom. The molecule has 2 unspecified atom stereocenters. The number of rotatable bonds is 5. The van der Waals surface area contributed by atoms with Gasteiger partial charge in [0.15, 0.2) is 0 Å². The maximum atomic E-state index is 14.7. The summed E-state index contributed by atoms with van der Waals surface area (Å²) in [6, 6.07) is 10.2. The number of halogens is 3. The number of ether oxygens (including phenoxy) is 1. The van der Waals surface area contributed by atoms with E-state index in [1.165, 1.54) is 23.1 Å². The molecule has 0 radical (unpaired) electrons. The number of aryl methyl sites for hydroxylation is 1. The molecule has 4 rings (SSSR count). The molecule has 31 heavy (non-hydrogen) atoms. The van der Waals surface area contributed by atoms with Gasteiger partial charge in [0.2, 0.25) is 11.8 Å². The number of aliphatic hydroxyl groups is 1. The van der Waals surface area contributed by atoms with Crippen LogP contribution in [0.1, 0.15) is 12.0 Å². The molecule has 2 aromatic carbocycles. The van der Waals surface area contributed by atoms with Gasteiger partial charge in [-0.05, 0) is 37.3 Å². The van der Waals surface area contributed by atoms with Crippen LogP contribution in [0, 0.1) is 12.7 Å². The van der Waals surface area contributed by atoms with Crippen molar-refractivity contribution < 1.29 is 23.0 Å². The van der Waals surface area contributed by atoms with Gasteiger partial charge >= 0.3 is 0 Å². The second-order valence-electron chi connectivity index (χ2n) is 7.68. The Hall–Kier alpha value is -2.69. The predicted molar refractivity (Wildman–Crippen MR) is 114 cm³/mol. The molecule has 0 aromatic heterocycles. The zero-order chi connectivity index (χ0) is 22.3. The van der Waals surface area contributed by atoms with Gasteiger partial charge in [0.1, 0.15) is 16.4 Å². The van der Waals surface area contributed by atoms with E-state index in [2.05, 4.69) is 22.9 Å². The molecular weight excluding hydrogens is 431 g/mol. The molecule has 3 N–H and O–H groups in total. The molecule has 0 amide bonds. The van der Waals surface area contributed by atoms with Crippen molar-refractivity contribution in [3.05, 3.63) is 64.1 Å². The first kappa shape index (κ1) is 21.5. The van der Waals surface area contributed by atoms with Crippen molar-refractivity contribution in [1.82, 2.24) is 5.32 Å². The quantitative estimate of drug-likeness (QED) is 0.604. The smallest absolute Gasteiger partial charge is 0.288 e. The number of nitrogens with zero attached hydrogens (tertiary/aromatic N) is 1. The Morgan fingerprint density at radius 3 is 2.68 bits per heavy atom. The zero-order valence-electron chi connectivity index (χ0n) is 16.4. The van der Waals surface area contributed by atoms with Crippen molar-refractivity contribution in [3.8, 4) is 0 Å². The third-order valence-corrected chi connectivity index (χ3v) is 5.71. The summed E-state index contributed by atoms with van der Waals surface area (Å²) >= 11 is 4.60. The monoisotopic (exact) mass is 451 g/mol. The number of anilines is 3. The van der Waals surface area contributed by atoms with Crippen LogP contribution in [0.15, 0.2) is 47.3 Å². The average molecular weight is 451 g/mol. The number of aliphatic hydroxyl groups excluding tert-OH is 1. The summed E-state index contributed by atoms with van der Waals surface area (Å²) in [6.07, 6.45) is -3.73. The molecule has 1 saturated heterocycles. The van der Waals surface area contributed by atoms with Gasteiger partial charge in [-0.2, -0.15) is 0 Å². The molecule has 6 nitrogen and oxygen atoms in total. The van der Waals surface area contributed by atoms with Crippen molar-refractivity contribution in [2.45, 2.75) is 37.8 Å². The third-order valence-electron chi connectivity index (χ3n) is 5.41. The van der Waals surface area contributed by atoms with Gasteiger partial charge in [0, 0.05) is 12.1 Å². The van der Waals surface area contributed by atoms with Crippen LogP contribution >= 0.6 is 12.2 Å². The van der Waals surface area contributed by atoms with Gasteiger partial charge in [0.25, 0.3) is 6.43 Å². The van der Waals surface area contributed by atoms with Gasteiger partial charge in [0.05, 0.1) is 24.0 Å². The SMILES string of the molecule is Cc1ccc(Nc2ccc(N3C[C@]4(CC4NC(=S)C(F)F)OC3O)cc2F)c(=O)cc1. The molecule has 164 valence electrons. The Balaban J connectivity index is 1.48. The van der Waals surface area contributed by atoms with Gasteiger partial charge < -0.3 is 25.4 Å². The van der Waals surface area contributed by atoms with Gasteiger partial charge in [-0.25, -0.2) is 13.2 Å². The van der Waals surface area contributed by atoms with Crippen molar-refractivity contribution in [3.63, 3.8) is 0 Å². The van der Waals surface area contributed by atoms with Crippen LogP contribution in [-0.4, -0.2) is 41.1 Å². The Bertz CT molecular complexity index is 1090. The highest BCUT2D eigenvalue weighted by Crippen LogP contribution is 2.47. The molecule has 1 spiro atoms. The first-order valence-electron chi connectivity index (χ1n) is 9.57. The first-order chi connectivity index (χ1) is 14.7. The molecule has 2 fully saturated rings. The van der Waals surface area contributed by atoms with Crippen LogP contribution < -0.4 is 21.0 Å².